The highest BCUT2D eigenvalue weighted by molar-refractivity contribution is 6.30. The Morgan fingerprint density at radius 1 is 1.04 bits per heavy atom. The summed E-state index contributed by atoms with van der Waals surface area (Å²) in [6.45, 7) is 0. The maximum atomic E-state index is 13.0. The number of ether oxygens (including phenoxy) is 1. The quantitative estimate of drug-likeness (QED) is 0.606. The number of nitrogens with zero attached hydrogens (tertiary/aromatic N) is 2. The van der Waals surface area contributed by atoms with E-state index in [0.29, 0.717) is 21.7 Å². The second-order valence-corrected chi connectivity index (χ2v) is 5.98. The van der Waals surface area contributed by atoms with Gasteiger partial charge in [0.25, 0.3) is 5.56 Å². The van der Waals surface area contributed by atoms with E-state index in [4.69, 9.17) is 16.3 Å². The molecule has 4 rings (SSSR count). The number of H-pyrrole nitrogens is 1. The molecule has 25 heavy (non-hydrogen) atoms. The Labute approximate surface area is 148 Å². The maximum absolute atomic E-state index is 13.0. The van der Waals surface area contributed by atoms with Crippen molar-refractivity contribution in [3.8, 4) is 22.6 Å². The number of hydrogen-bond donors (Lipinski definition) is 1. The van der Waals surface area contributed by atoms with Crippen LogP contribution in [-0.4, -0.2) is 21.9 Å². The molecule has 0 spiro atoms. The Morgan fingerprint density at radius 3 is 2.44 bits per heavy atom. The Morgan fingerprint density at radius 2 is 1.76 bits per heavy atom. The minimum absolute atomic E-state index is 0.156. The number of aromatic nitrogens is 3. The number of rotatable bonds is 3. The summed E-state index contributed by atoms with van der Waals surface area (Å²) in [4.78, 5) is 17.3. The predicted octanol–water partition coefficient (Wildman–Crippen LogP) is 4.04. The molecule has 2 aromatic carbocycles. The molecule has 0 bridgehead atoms. The number of aromatic amines is 1. The highest BCUT2D eigenvalue weighted by Crippen LogP contribution is 2.27. The highest BCUT2D eigenvalue weighted by atomic mass is 35.5. The number of fused-ring (bicyclic) bond motifs is 1. The third-order valence-corrected chi connectivity index (χ3v) is 4.32. The largest absolute Gasteiger partial charge is 0.497 e. The fourth-order valence-corrected chi connectivity index (χ4v) is 2.94. The van der Waals surface area contributed by atoms with Gasteiger partial charge in [-0.1, -0.05) is 23.7 Å². The van der Waals surface area contributed by atoms with Crippen molar-refractivity contribution in [2.45, 2.75) is 0 Å². The van der Waals surface area contributed by atoms with Gasteiger partial charge in [-0.15, -0.1) is 0 Å². The molecule has 0 aliphatic carbocycles. The molecular weight excluding hydrogens is 338 g/mol. The van der Waals surface area contributed by atoms with Crippen molar-refractivity contribution < 1.29 is 4.74 Å². The lowest BCUT2D eigenvalue weighted by Crippen LogP contribution is -2.14. The molecular formula is C19H14ClN3O2. The summed E-state index contributed by atoms with van der Waals surface area (Å²) in [6.07, 6.45) is 1.68. The normalized spacial score (nSPS) is 11.0. The van der Waals surface area contributed by atoms with Gasteiger partial charge in [-0.2, -0.15) is 0 Å². The van der Waals surface area contributed by atoms with E-state index in [1.54, 1.807) is 37.6 Å². The summed E-state index contributed by atoms with van der Waals surface area (Å²) < 4.78 is 6.67. The van der Waals surface area contributed by atoms with Crippen LogP contribution in [0, 0.1) is 0 Å². The Balaban J connectivity index is 1.92. The molecule has 0 saturated heterocycles. The van der Waals surface area contributed by atoms with Crippen molar-refractivity contribution in [3.05, 3.63) is 76.2 Å². The summed E-state index contributed by atoms with van der Waals surface area (Å²) in [6, 6.07) is 16.5. The lowest BCUT2D eigenvalue weighted by molar-refractivity contribution is 0.415. The first-order valence-corrected chi connectivity index (χ1v) is 8.05. The molecule has 0 fully saturated rings. The minimum Gasteiger partial charge on any atom is -0.497 e. The zero-order valence-corrected chi connectivity index (χ0v) is 14.1. The number of pyridine rings is 1. The van der Waals surface area contributed by atoms with E-state index < -0.39 is 0 Å². The van der Waals surface area contributed by atoms with Crippen LogP contribution in [0.15, 0.2) is 65.6 Å². The summed E-state index contributed by atoms with van der Waals surface area (Å²) in [5, 5.41) is 4.22. The highest BCUT2D eigenvalue weighted by Gasteiger charge is 2.14. The Kier molecular flexibility index (Phi) is 3.78. The van der Waals surface area contributed by atoms with Crippen molar-refractivity contribution in [1.29, 1.82) is 0 Å². The average molecular weight is 352 g/mol. The third kappa shape index (κ3) is 2.68. The molecule has 0 unspecified atom stereocenters. The van der Waals surface area contributed by atoms with Gasteiger partial charge >= 0.3 is 0 Å². The summed E-state index contributed by atoms with van der Waals surface area (Å²) in [5.41, 5.74) is 2.83. The molecule has 1 N–H and O–H groups in total. The standard InChI is InChI=1S/C19H14ClN3O2/c1-25-15-8-2-12(3-9-15)16-10-11-21-18-17(16)19(24)23(22-18)14-6-4-13(20)5-7-14/h2-11H,1H3,(H,21,22). The van der Waals surface area contributed by atoms with Crippen molar-refractivity contribution in [2.24, 2.45) is 0 Å². The smallest absolute Gasteiger partial charge is 0.281 e. The first kappa shape index (κ1) is 15.5. The van der Waals surface area contributed by atoms with Crippen LogP contribution in [0.25, 0.3) is 27.8 Å². The number of nitrogens with one attached hydrogen (secondary N) is 1. The molecule has 0 radical (unpaired) electrons. The van der Waals surface area contributed by atoms with Crippen molar-refractivity contribution in [2.75, 3.05) is 7.11 Å². The van der Waals surface area contributed by atoms with Gasteiger partial charge in [-0.3, -0.25) is 9.89 Å². The van der Waals surface area contributed by atoms with E-state index in [1.165, 1.54) is 4.68 Å². The molecule has 5 nitrogen and oxygen atoms in total. The lowest BCUT2D eigenvalue weighted by Gasteiger charge is -2.04. The maximum Gasteiger partial charge on any atom is 0.281 e. The van der Waals surface area contributed by atoms with Crippen LogP contribution in [0.2, 0.25) is 5.02 Å². The molecule has 0 aliphatic heterocycles. The SMILES string of the molecule is COc1ccc(-c2ccnc3[nH]n(-c4ccc(Cl)cc4)c(=O)c23)cc1. The number of hydrogen-bond acceptors (Lipinski definition) is 3. The van der Waals surface area contributed by atoms with Crippen LogP contribution in [0.3, 0.4) is 0 Å². The number of benzene rings is 2. The van der Waals surface area contributed by atoms with E-state index in [2.05, 4.69) is 10.1 Å². The van der Waals surface area contributed by atoms with Gasteiger partial charge in [0.1, 0.15) is 5.75 Å². The molecule has 6 heteroatoms. The van der Waals surface area contributed by atoms with E-state index in [0.717, 1.165) is 16.9 Å². The second kappa shape index (κ2) is 6.11. The molecule has 2 aromatic heterocycles. The molecule has 2 heterocycles. The van der Waals surface area contributed by atoms with Gasteiger partial charge in [0.15, 0.2) is 5.65 Å². The Hall–Kier alpha value is -3.05. The topological polar surface area (TPSA) is 59.9 Å². The first-order chi connectivity index (χ1) is 12.2. The zero-order valence-electron chi connectivity index (χ0n) is 13.4. The van der Waals surface area contributed by atoms with Crippen LogP contribution in [0.1, 0.15) is 0 Å². The van der Waals surface area contributed by atoms with E-state index >= 15 is 0 Å². The van der Waals surface area contributed by atoms with E-state index in [1.807, 2.05) is 30.3 Å². The molecule has 0 amide bonds. The molecule has 4 aromatic rings. The monoisotopic (exact) mass is 351 g/mol. The number of methoxy groups -OCH3 is 1. The van der Waals surface area contributed by atoms with E-state index in [-0.39, 0.29) is 5.56 Å². The summed E-state index contributed by atoms with van der Waals surface area (Å²) in [5.74, 6) is 0.765. The molecule has 124 valence electrons. The van der Waals surface area contributed by atoms with Gasteiger partial charge in [0.05, 0.1) is 18.2 Å². The van der Waals surface area contributed by atoms with Crippen LogP contribution in [-0.2, 0) is 0 Å². The Bertz CT molecular complexity index is 1100. The van der Waals surface area contributed by atoms with Gasteiger partial charge in [0.2, 0.25) is 0 Å². The molecule has 0 atom stereocenters. The van der Waals surface area contributed by atoms with E-state index in [9.17, 15) is 4.79 Å². The number of halogens is 1. The predicted molar refractivity (Wildman–Crippen MR) is 98.7 cm³/mol. The van der Waals surface area contributed by atoms with Crippen molar-refractivity contribution >= 4 is 22.6 Å². The fourth-order valence-electron chi connectivity index (χ4n) is 2.81. The van der Waals surface area contributed by atoms with Crippen LogP contribution in [0.4, 0.5) is 0 Å². The van der Waals surface area contributed by atoms with Gasteiger partial charge in [-0.05, 0) is 53.6 Å². The molecule has 0 aliphatic rings. The van der Waals surface area contributed by atoms with Crippen molar-refractivity contribution in [3.63, 3.8) is 0 Å². The zero-order chi connectivity index (χ0) is 17.4. The summed E-state index contributed by atoms with van der Waals surface area (Å²) in [7, 11) is 1.62. The van der Waals surface area contributed by atoms with Crippen LogP contribution >= 0.6 is 11.6 Å². The first-order valence-electron chi connectivity index (χ1n) is 7.67. The third-order valence-electron chi connectivity index (χ3n) is 4.07. The average Bonchev–Trinajstić information content (AvgIpc) is 2.99. The van der Waals surface area contributed by atoms with Crippen LogP contribution in [0.5, 0.6) is 5.75 Å². The second-order valence-electron chi connectivity index (χ2n) is 5.54. The fraction of sp³-hybridized carbons (Fsp3) is 0.0526. The van der Waals surface area contributed by atoms with Gasteiger partial charge in [0, 0.05) is 11.2 Å². The summed E-state index contributed by atoms with van der Waals surface area (Å²) >= 11 is 5.93. The minimum atomic E-state index is -0.156. The van der Waals surface area contributed by atoms with Gasteiger partial charge in [-0.25, -0.2) is 9.67 Å². The van der Waals surface area contributed by atoms with Gasteiger partial charge < -0.3 is 4.74 Å². The van der Waals surface area contributed by atoms with Crippen molar-refractivity contribution in [1.82, 2.24) is 14.8 Å². The van der Waals surface area contributed by atoms with Crippen LogP contribution < -0.4 is 10.3 Å². The lowest BCUT2D eigenvalue weighted by atomic mass is 10.0. The molecule has 0 saturated carbocycles.